The van der Waals surface area contributed by atoms with Crippen molar-refractivity contribution < 1.29 is 15.0 Å². The molecule has 0 atom stereocenters. The third-order valence-electron chi connectivity index (χ3n) is 3.11. The number of aromatic hydroxyl groups is 1. The summed E-state index contributed by atoms with van der Waals surface area (Å²) >= 11 is 0. The Balaban J connectivity index is 2.20. The van der Waals surface area contributed by atoms with Crippen LogP contribution in [0, 0.1) is 6.92 Å². The number of fused-ring (bicyclic) bond motifs is 1. The molecule has 106 valence electrons. The van der Waals surface area contributed by atoms with Gasteiger partial charge in [-0.25, -0.2) is 4.79 Å². The fourth-order valence-electron chi connectivity index (χ4n) is 2.09. The van der Waals surface area contributed by atoms with Crippen LogP contribution in [0.1, 0.15) is 15.9 Å². The van der Waals surface area contributed by atoms with E-state index >= 15 is 0 Å². The summed E-state index contributed by atoms with van der Waals surface area (Å²) in [6.45, 7) is 1.84. The Morgan fingerprint density at radius 3 is 2.62 bits per heavy atom. The third kappa shape index (κ3) is 2.14. The number of aromatic carboxylic acids is 1. The zero-order valence-corrected chi connectivity index (χ0v) is 11.1. The summed E-state index contributed by atoms with van der Waals surface area (Å²) in [5.41, 5.74) is 8.24. The topological polar surface area (TPSA) is 114 Å². The van der Waals surface area contributed by atoms with Crippen molar-refractivity contribution in [2.75, 3.05) is 5.73 Å². The first-order chi connectivity index (χ1) is 9.95. The number of phenols is 1. The van der Waals surface area contributed by atoms with Crippen LogP contribution in [0.4, 0.5) is 5.69 Å². The monoisotopic (exact) mass is 284 g/mol. The van der Waals surface area contributed by atoms with Gasteiger partial charge in [-0.2, -0.15) is 0 Å². The second-order valence-corrected chi connectivity index (χ2v) is 4.72. The van der Waals surface area contributed by atoms with Gasteiger partial charge < -0.3 is 15.9 Å². The molecule has 0 aliphatic rings. The van der Waals surface area contributed by atoms with E-state index in [2.05, 4.69) is 10.2 Å². The summed E-state index contributed by atoms with van der Waals surface area (Å²) in [4.78, 5) is 12.2. The Labute approximate surface area is 119 Å². The van der Waals surface area contributed by atoms with Crippen molar-refractivity contribution in [2.45, 2.75) is 6.92 Å². The molecule has 0 bridgehead atoms. The van der Waals surface area contributed by atoms with Gasteiger partial charge in [0.15, 0.2) is 5.75 Å². The Kier molecular flexibility index (Phi) is 2.76. The Morgan fingerprint density at radius 1 is 1.19 bits per heavy atom. The zero-order valence-electron chi connectivity index (χ0n) is 11.1. The van der Waals surface area contributed by atoms with Crippen LogP contribution >= 0.6 is 0 Å². The van der Waals surface area contributed by atoms with Crippen LogP contribution in [0.2, 0.25) is 0 Å². The van der Waals surface area contributed by atoms with Gasteiger partial charge in [0, 0.05) is 0 Å². The molecule has 2 aromatic carbocycles. The fourth-order valence-corrected chi connectivity index (χ4v) is 2.09. The minimum atomic E-state index is -1.03. The van der Waals surface area contributed by atoms with E-state index in [-0.39, 0.29) is 17.0 Å². The molecule has 4 N–H and O–H groups in total. The van der Waals surface area contributed by atoms with Gasteiger partial charge in [-0.1, -0.05) is 0 Å². The number of nitrogens with zero attached hydrogens (tertiary/aromatic N) is 3. The number of hydrogen-bond donors (Lipinski definition) is 3. The first kappa shape index (κ1) is 12.9. The maximum atomic E-state index is 11.0. The van der Waals surface area contributed by atoms with Gasteiger partial charge in [0.25, 0.3) is 0 Å². The molecule has 0 saturated carbocycles. The fraction of sp³-hybridized carbons (Fsp3) is 0.0714. The van der Waals surface area contributed by atoms with Gasteiger partial charge >= 0.3 is 5.97 Å². The molecule has 0 aliphatic heterocycles. The molecule has 7 nitrogen and oxygen atoms in total. The number of carboxylic acid groups (broad SMARTS) is 1. The third-order valence-corrected chi connectivity index (χ3v) is 3.11. The zero-order chi connectivity index (χ0) is 15.1. The highest BCUT2D eigenvalue weighted by atomic mass is 16.4. The standard InChI is InChI=1S/C14H12N4O3/c1-7-4-9(15)13(19)12(5-7)18-16-10-3-2-8(14(20)21)6-11(10)17-18/h2-6,19H,15H2,1H3,(H,20,21). The molecule has 1 heterocycles. The van der Waals surface area contributed by atoms with E-state index in [1.54, 1.807) is 18.2 Å². The van der Waals surface area contributed by atoms with E-state index < -0.39 is 5.97 Å². The van der Waals surface area contributed by atoms with Crippen molar-refractivity contribution in [3.8, 4) is 11.4 Å². The van der Waals surface area contributed by atoms with E-state index in [0.717, 1.165) is 5.56 Å². The number of carbonyl (C=O) groups is 1. The van der Waals surface area contributed by atoms with Crippen LogP contribution < -0.4 is 5.73 Å². The van der Waals surface area contributed by atoms with Crippen LogP contribution in [-0.4, -0.2) is 31.2 Å². The van der Waals surface area contributed by atoms with Gasteiger partial charge in [0.05, 0.1) is 11.3 Å². The van der Waals surface area contributed by atoms with Gasteiger partial charge in [-0.3, -0.25) is 0 Å². The molecule has 3 rings (SSSR count). The van der Waals surface area contributed by atoms with Crippen molar-refractivity contribution in [3.63, 3.8) is 0 Å². The highest BCUT2D eigenvalue weighted by Gasteiger charge is 2.13. The summed E-state index contributed by atoms with van der Waals surface area (Å²) in [7, 11) is 0. The summed E-state index contributed by atoms with van der Waals surface area (Å²) in [5, 5.41) is 27.4. The van der Waals surface area contributed by atoms with Gasteiger partial charge in [-0.15, -0.1) is 15.0 Å². The smallest absolute Gasteiger partial charge is 0.335 e. The molecular formula is C14H12N4O3. The number of nitrogens with two attached hydrogens (primary N) is 1. The van der Waals surface area contributed by atoms with Gasteiger partial charge in [-0.05, 0) is 42.8 Å². The number of hydrogen-bond acceptors (Lipinski definition) is 5. The minimum Gasteiger partial charge on any atom is -0.504 e. The van der Waals surface area contributed by atoms with Crippen molar-refractivity contribution in [1.82, 2.24) is 15.0 Å². The number of phenolic OH excluding ortho intramolecular Hbond substituents is 1. The Hall–Kier alpha value is -3.09. The quantitative estimate of drug-likeness (QED) is 0.487. The number of carboxylic acids is 1. The number of aromatic nitrogens is 3. The lowest BCUT2D eigenvalue weighted by molar-refractivity contribution is 0.0697. The molecule has 0 spiro atoms. The number of benzene rings is 2. The first-order valence-electron chi connectivity index (χ1n) is 6.15. The van der Waals surface area contributed by atoms with Crippen molar-refractivity contribution in [3.05, 3.63) is 41.5 Å². The van der Waals surface area contributed by atoms with Gasteiger partial charge in [0.2, 0.25) is 0 Å². The lowest BCUT2D eigenvalue weighted by Crippen LogP contribution is -2.01. The largest absolute Gasteiger partial charge is 0.504 e. The summed E-state index contributed by atoms with van der Waals surface area (Å²) in [6, 6.07) is 7.79. The van der Waals surface area contributed by atoms with E-state index in [9.17, 15) is 9.90 Å². The first-order valence-corrected chi connectivity index (χ1v) is 6.15. The average Bonchev–Trinajstić information content (AvgIpc) is 2.85. The van der Waals surface area contributed by atoms with E-state index in [4.69, 9.17) is 10.8 Å². The molecule has 0 radical (unpaired) electrons. The van der Waals surface area contributed by atoms with Crippen LogP contribution in [0.15, 0.2) is 30.3 Å². The maximum Gasteiger partial charge on any atom is 0.335 e. The van der Waals surface area contributed by atoms with E-state index in [1.807, 2.05) is 6.92 Å². The molecule has 21 heavy (non-hydrogen) atoms. The lowest BCUT2D eigenvalue weighted by atomic mass is 10.2. The van der Waals surface area contributed by atoms with Crippen LogP contribution in [0.5, 0.6) is 5.75 Å². The van der Waals surface area contributed by atoms with E-state index in [0.29, 0.717) is 16.7 Å². The molecular weight excluding hydrogens is 272 g/mol. The predicted octanol–water partition coefficient (Wildman–Crippen LogP) is 1.71. The highest BCUT2D eigenvalue weighted by molar-refractivity contribution is 5.92. The highest BCUT2D eigenvalue weighted by Crippen LogP contribution is 2.29. The molecule has 3 aromatic rings. The number of rotatable bonds is 2. The number of nitrogen functional groups attached to an aromatic ring is 1. The number of anilines is 1. The maximum absolute atomic E-state index is 11.0. The second kappa shape index (κ2) is 4.48. The number of aryl methyl sites for hydroxylation is 1. The van der Waals surface area contributed by atoms with Crippen LogP contribution in [0.25, 0.3) is 16.7 Å². The Bertz CT molecular complexity index is 870. The molecule has 1 aromatic heterocycles. The lowest BCUT2D eigenvalue weighted by Gasteiger charge is -2.07. The summed E-state index contributed by atoms with van der Waals surface area (Å²) < 4.78 is 0. The second-order valence-electron chi connectivity index (χ2n) is 4.72. The molecule has 0 aliphatic carbocycles. The minimum absolute atomic E-state index is 0.112. The van der Waals surface area contributed by atoms with E-state index in [1.165, 1.54) is 16.9 Å². The molecule has 0 unspecified atom stereocenters. The summed E-state index contributed by atoms with van der Waals surface area (Å²) in [5.74, 6) is -1.14. The Morgan fingerprint density at radius 2 is 1.90 bits per heavy atom. The molecule has 0 amide bonds. The van der Waals surface area contributed by atoms with Crippen LogP contribution in [-0.2, 0) is 0 Å². The van der Waals surface area contributed by atoms with Gasteiger partial charge in [0.1, 0.15) is 16.7 Å². The van der Waals surface area contributed by atoms with Crippen molar-refractivity contribution >= 4 is 22.7 Å². The molecule has 0 saturated heterocycles. The average molecular weight is 284 g/mol. The SMILES string of the molecule is Cc1cc(N)c(O)c(-n2nc3ccc(C(=O)O)cc3n2)c1. The van der Waals surface area contributed by atoms with Crippen molar-refractivity contribution in [1.29, 1.82) is 0 Å². The molecule has 0 fully saturated rings. The van der Waals surface area contributed by atoms with Crippen molar-refractivity contribution in [2.24, 2.45) is 0 Å². The predicted molar refractivity (Wildman–Crippen MR) is 76.6 cm³/mol. The summed E-state index contributed by atoms with van der Waals surface area (Å²) in [6.07, 6.45) is 0. The molecule has 7 heteroatoms. The normalized spacial score (nSPS) is 10.9. The van der Waals surface area contributed by atoms with Crippen LogP contribution in [0.3, 0.4) is 0 Å².